The summed E-state index contributed by atoms with van der Waals surface area (Å²) in [6.07, 6.45) is 0. The lowest BCUT2D eigenvalue weighted by atomic mass is 9.95. The first kappa shape index (κ1) is 22.9. The summed E-state index contributed by atoms with van der Waals surface area (Å²) in [4.78, 5) is 12.9. The van der Waals surface area contributed by atoms with Gasteiger partial charge in [-0.3, -0.25) is 9.10 Å². The molecule has 8 heteroatoms. The molecule has 0 spiro atoms. The van der Waals surface area contributed by atoms with Gasteiger partial charge in [0.1, 0.15) is 12.4 Å². The number of nitrogens with one attached hydrogen (secondary N) is 1. The van der Waals surface area contributed by atoms with Crippen molar-refractivity contribution >= 4 is 38.8 Å². The molecule has 3 aromatic rings. The third-order valence-electron chi connectivity index (χ3n) is 5.42. The molecule has 4 rings (SSSR count). The fourth-order valence-electron chi connectivity index (χ4n) is 3.75. The minimum absolute atomic E-state index is 0.139. The average molecular weight is 483 g/mol. The predicted octanol–water partition coefficient (Wildman–Crippen LogP) is 4.38. The van der Waals surface area contributed by atoms with Crippen LogP contribution in [0.2, 0.25) is 5.02 Å². The van der Waals surface area contributed by atoms with Crippen molar-refractivity contribution in [1.29, 1.82) is 0 Å². The van der Waals surface area contributed by atoms with Gasteiger partial charge in [0.2, 0.25) is 0 Å². The van der Waals surface area contributed by atoms with Crippen LogP contribution >= 0.6 is 11.6 Å². The molecule has 1 aliphatic heterocycles. The van der Waals surface area contributed by atoms with Crippen molar-refractivity contribution in [2.75, 3.05) is 24.5 Å². The second kappa shape index (κ2) is 9.29. The molecule has 0 aliphatic carbocycles. The zero-order valence-electron chi connectivity index (χ0n) is 18.2. The van der Waals surface area contributed by atoms with Gasteiger partial charge in [-0.25, -0.2) is 8.42 Å². The Kier molecular flexibility index (Phi) is 6.44. The van der Waals surface area contributed by atoms with Crippen LogP contribution in [-0.2, 0) is 14.8 Å². The Morgan fingerprint density at radius 2 is 1.73 bits per heavy atom. The lowest BCUT2D eigenvalue weighted by Gasteiger charge is -2.31. The third-order valence-corrected chi connectivity index (χ3v) is 7.48. The van der Waals surface area contributed by atoms with Crippen molar-refractivity contribution in [2.24, 2.45) is 0 Å². The Morgan fingerprint density at radius 1 is 1.03 bits per heavy atom. The number of nitrogens with zero attached hydrogens (tertiary/aromatic N) is 1. The molecule has 1 heterocycles. The molecular formula is C25H23ClN2O4S. The first-order valence-electron chi connectivity index (χ1n) is 10.4. The maximum Gasteiger partial charge on any atom is 0.270 e. The highest BCUT2D eigenvalue weighted by Gasteiger charge is 2.39. The molecule has 170 valence electrons. The Balaban J connectivity index is 1.70. The van der Waals surface area contributed by atoms with Crippen LogP contribution in [0.3, 0.4) is 0 Å². The van der Waals surface area contributed by atoms with E-state index in [1.807, 2.05) is 37.3 Å². The quantitative estimate of drug-likeness (QED) is 0.529. The molecule has 1 N–H and O–H groups in total. The lowest BCUT2D eigenvalue weighted by Crippen LogP contribution is -2.40. The van der Waals surface area contributed by atoms with Crippen molar-refractivity contribution in [3.05, 3.63) is 99.4 Å². The van der Waals surface area contributed by atoms with Crippen LogP contribution in [-0.4, -0.2) is 34.5 Å². The van der Waals surface area contributed by atoms with Gasteiger partial charge in [-0.1, -0.05) is 60.1 Å². The summed E-state index contributed by atoms with van der Waals surface area (Å²) >= 11 is 6.24. The molecule has 0 radical (unpaired) electrons. The predicted molar refractivity (Wildman–Crippen MR) is 131 cm³/mol. The number of aryl methyl sites for hydroxylation is 1. The van der Waals surface area contributed by atoms with Crippen LogP contribution in [0.25, 0.3) is 5.57 Å². The van der Waals surface area contributed by atoms with E-state index in [1.54, 1.807) is 42.5 Å². The van der Waals surface area contributed by atoms with Gasteiger partial charge in [-0.2, -0.15) is 0 Å². The Bertz CT molecular complexity index is 1340. The third kappa shape index (κ3) is 4.47. The maximum absolute atomic E-state index is 13.4. The molecule has 3 aromatic carbocycles. The molecule has 0 unspecified atom stereocenters. The second-order valence-corrected chi connectivity index (χ2v) is 9.92. The van der Waals surface area contributed by atoms with Gasteiger partial charge in [-0.05, 0) is 42.3 Å². The molecule has 1 amide bonds. The van der Waals surface area contributed by atoms with Crippen LogP contribution in [0.4, 0.5) is 5.69 Å². The van der Waals surface area contributed by atoms with E-state index in [9.17, 15) is 13.2 Å². The summed E-state index contributed by atoms with van der Waals surface area (Å²) in [5.41, 5.74) is 2.94. The first-order valence-corrected chi connectivity index (χ1v) is 12.2. The minimum atomic E-state index is -4.10. The van der Waals surface area contributed by atoms with Gasteiger partial charge in [0.15, 0.2) is 4.91 Å². The molecule has 0 saturated heterocycles. The van der Waals surface area contributed by atoms with Crippen LogP contribution in [0.15, 0.2) is 77.7 Å². The summed E-state index contributed by atoms with van der Waals surface area (Å²) in [6.45, 7) is 2.26. The fraction of sp³-hybridized carbons (Fsp3) is 0.160. The number of fused-ring (bicyclic) bond motifs is 1. The number of ether oxygens (including phenoxy) is 1. The normalized spacial score (nSPS) is 14.6. The number of amides is 1. The monoisotopic (exact) mass is 482 g/mol. The molecule has 1 aliphatic rings. The van der Waals surface area contributed by atoms with Crippen molar-refractivity contribution in [2.45, 2.75) is 6.92 Å². The Morgan fingerprint density at radius 3 is 2.45 bits per heavy atom. The number of sulfonamides is 1. The SMILES string of the molecule is Cc1ccccc1OCCNC(=O)C1=C(c2ccccc2)c2cc(Cl)ccc2N(C)S1(=O)=O. The van der Waals surface area contributed by atoms with Gasteiger partial charge < -0.3 is 10.1 Å². The highest BCUT2D eigenvalue weighted by Crippen LogP contribution is 2.43. The molecule has 0 atom stereocenters. The molecule has 33 heavy (non-hydrogen) atoms. The van der Waals surface area contributed by atoms with Crippen molar-refractivity contribution in [3.63, 3.8) is 0 Å². The summed E-state index contributed by atoms with van der Waals surface area (Å²) in [6, 6.07) is 21.5. The summed E-state index contributed by atoms with van der Waals surface area (Å²) < 4.78 is 33.7. The van der Waals surface area contributed by atoms with Crippen molar-refractivity contribution in [3.8, 4) is 5.75 Å². The highest BCUT2D eigenvalue weighted by atomic mass is 35.5. The number of hydrogen-bond acceptors (Lipinski definition) is 4. The number of benzene rings is 3. The molecular weight excluding hydrogens is 460 g/mol. The molecule has 0 bridgehead atoms. The first-order chi connectivity index (χ1) is 15.8. The number of para-hydroxylation sites is 1. The smallest absolute Gasteiger partial charge is 0.270 e. The minimum Gasteiger partial charge on any atom is -0.491 e. The average Bonchev–Trinajstić information content (AvgIpc) is 2.80. The topological polar surface area (TPSA) is 75.7 Å². The van der Waals surface area contributed by atoms with E-state index >= 15 is 0 Å². The van der Waals surface area contributed by atoms with E-state index in [4.69, 9.17) is 16.3 Å². The largest absolute Gasteiger partial charge is 0.491 e. The molecule has 0 aromatic heterocycles. The van der Waals surface area contributed by atoms with E-state index < -0.39 is 15.9 Å². The molecule has 0 saturated carbocycles. The Hall–Kier alpha value is -3.29. The van der Waals surface area contributed by atoms with E-state index in [0.29, 0.717) is 33.2 Å². The standard InChI is InChI=1S/C25H23ClN2O4S/c1-17-8-6-7-11-22(17)32-15-14-27-25(29)24-23(18-9-4-3-5-10-18)20-16-19(26)12-13-21(20)28(2)33(24,30)31/h3-13,16H,14-15H2,1-2H3,(H,27,29). The van der Waals surface area contributed by atoms with Gasteiger partial charge in [0.05, 0.1) is 12.2 Å². The number of rotatable bonds is 6. The molecule has 6 nitrogen and oxygen atoms in total. The van der Waals surface area contributed by atoms with Crippen LogP contribution in [0.5, 0.6) is 5.75 Å². The highest BCUT2D eigenvalue weighted by molar-refractivity contribution is 7.97. The van der Waals surface area contributed by atoms with E-state index in [0.717, 1.165) is 9.87 Å². The number of anilines is 1. The van der Waals surface area contributed by atoms with E-state index in [1.165, 1.54) is 7.05 Å². The summed E-state index contributed by atoms with van der Waals surface area (Å²) in [5.74, 6) is 0.0178. The van der Waals surface area contributed by atoms with Gasteiger partial charge in [-0.15, -0.1) is 0 Å². The number of halogens is 1. The number of hydrogen-bond donors (Lipinski definition) is 1. The fourth-order valence-corrected chi connectivity index (χ4v) is 5.40. The van der Waals surface area contributed by atoms with Crippen LogP contribution < -0.4 is 14.4 Å². The lowest BCUT2D eigenvalue weighted by molar-refractivity contribution is -0.116. The Labute approximate surface area is 198 Å². The van der Waals surface area contributed by atoms with Gasteiger partial charge >= 0.3 is 0 Å². The summed E-state index contributed by atoms with van der Waals surface area (Å²) in [5, 5.41) is 3.15. The van der Waals surface area contributed by atoms with Crippen molar-refractivity contribution in [1.82, 2.24) is 5.32 Å². The maximum atomic E-state index is 13.4. The van der Waals surface area contributed by atoms with Gasteiger partial charge in [0, 0.05) is 23.2 Å². The van der Waals surface area contributed by atoms with Crippen LogP contribution in [0.1, 0.15) is 16.7 Å². The van der Waals surface area contributed by atoms with E-state index in [-0.39, 0.29) is 18.1 Å². The van der Waals surface area contributed by atoms with Gasteiger partial charge in [0.25, 0.3) is 15.9 Å². The summed E-state index contributed by atoms with van der Waals surface area (Å²) in [7, 11) is -2.68. The van der Waals surface area contributed by atoms with Crippen LogP contribution in [0, 0.1) is 6.92 Å². The second-order valence-electron chi connectivity index (χ2n) is 7.57. The van der Waals surface area contributed by atoms with Crippen molar-refractivity contribution < 1.29 is 17.9 Å². The zero-order valence-corrected chi connectivity index (χ0v) is 19.8. The zero-order chi connectivity index (χ0) is 23.6. The number of carbonyl (C=O) groups is 1. The number of carbonyl (C=O) groups excluding carboxylic acids is 1. The van der Waals surface area contributed by atoms with E-state index in [2.05, 4.69) is 5.32 Å². The molecule has 0 fully saturated rings.